The van der Waals surface area contributed by atoms with E-state index in [4.69, 9.17) is 4.74 Å². The van der Waals surface area contributed by atoms with Crippen LogP contribution in [0.4, 0.5) is 0 Å². The molecular formula is C11H12BrNO2. The van der Waals surface area contributed by atoms with Crippen LogP contribution < -0.4 is 0 Å². The van der Waals surface area contributed by atoms with E-state index in [2.05, 4.69) is 20.9 Å². The third-order valence-corrected chi connectivity index (χ3v) is 2.23. The van der Waals surface area contributed by atoms with Crippen LogP contribution in [-0.2, 0) is 4.74 Å². The van der Waals surface area contributed by atoms with Gasteiger partial charge in [-0.2, -0.15) is 4.99 Å². The predicted octanol–water partition coefficient (Wildman–Crippen LogP) is 3.04. The van der Waals surface area contributed by atoms with Crippen molar-refractivity contribution in [2.45, 2.75) is 13.8 Å². The molecule has 1 rings (SSSR count). The van der Waals surface area contributed by atoms with Crippen molar-refractivity contribution in [3.63, 3.8) is 0 Å². The fourth-order valence-corrected chi connectivity index (χ4v) is 1.31. The minimum atomic E-state index is -0.284. The molecule has 3 nitrogen and oxygen atoms in total. The Hall–Kier alpha value is -1.16. The first kappa shape index (κ1) is 11.9. The highest BCUT2D eigenvalue weighted by atomic mass is 79.9. The highest BCUT2D eigenvalue weighted by Crippen LogP contribution is 2.11. The first-order chi connectivity index (χ1) is 7.13. The SMILES string of the molecule is CCO/C(C)=N/C(=O)c1ccc(Br)cc1. The molecule has 0 atom stereocenters. The van der Waals surface area contributed by atoms with E-state index in [1.165, 1.54) is 0 Å². The van der Waals surface area contributed by atoms with Gasteiger partial charge in [0.05, 0.1) is 6.61 Å². The van der Waals surface area contributed by atoms with E-state index < -0.39 is 0 Å². The van der Waals surface area contributed by atoms with Gasteiger partial charge in [0.15, 0.2) is 5.90 Å². The number of ether oxygens (including phenoxy) is 1. The number of benzene rings is 1. The lowest BCUT2D eigenvalue weighted by atomic mass is 10.2. The smallest absolute Gasteiger partial charge is 0.279 e. The number of carbonyl (C=O) groups is 1. The minimum Gasteiger partial charge on any atom is -0.481 e. The Morgan fingerprint density at radius 3 is 2.53 bits per heavy atom. The van der Waals surface area contributed by atoms with Crippen molar-refractivity contribution in [2.75, 3.05) is 6.61 Å². The molecule has 0 aromatic heterocycles. The molecule has 0 saturated heterocycles. The summed E-state index contributed by atoms with van der Waals surface area (Å²) < 4.78 is 6.01. The van der Waals surface area contributed by atoms with E-state index in [-0.39, 0.29) is 5.91 Å². The minimum absolute atomic E-state index is 0.284. The Labute approximate surface area is 97.3 Å². The van der Waals surface area contributed by atoms with E-state index in [9.17, 15) is 4.79 Å². The van der Waals surface area contributed by atoms with Crippen molar-refractivity contribution in [1.29, 1.82) is 0 Å². The highest BCUT2D eigenvalue weighted by Gasteiger charge is 2.04. The number of carbonyl (C=O) groups excluding carboxylic acids is 1. The van der Waals surface area contributed by atoms with Crippen LogP contribution in [0.2, 0.25) is 0 Å². The van der Waals surface area contributed by atoms with Gasteiger partial charge < -0.3 is 4.74 Å². The molecule has 0 radical (unpaired) electrons. The second kappa shape index (κ2) is 5.66. The largest absolute Gasteiger partial charge is 0.481 e. The average molecular weight is 270 g/mol. The predicted molar refractivity (Wildman–Crippen MR) is 63.2 cm³/mol. The van der Waals surface area contributed by atoms with Crippen LogP contribution in [0.5, 0.6) is 0 Å². The molecule has 0 unspecified atom stereocenters. The highest BCUT2D eigenvalue weighted by molar-refractivity contribution is 9.10. The standard InChI is InChI=1S/C11H12BrNO2/c1-3-15-8(2)13-11(14)9-4-6-10(12)7-5-9/h4-7H,3H2,1-2H3/b13-8+. The van der Waals surface area contributed by atoms with Crippen molar-refractivity contribution in [2.24, 2.45) is 4.99 Å². The number of hydrogen-bond acceptors (Lipinski definition) is 2. The van der Waals surface area contributed by atoms with E-state index in [1.54, 1.807) is 31.2 Å². The fraction of sp³-hybridized carbons (Fsp3) is 0.273. The molecule has 0 aliphatic rings. The van der Waals surface area contributed by atoms with Crippen LogP contribution in [0, 0.1) is 0 Å². The van der Waals surface area contributed by atoms with Gasteiger partial charge >= 0.3 is 0 Å². The van der Waals surface area contributed by atoms with Crippen molar-refractivity contribution >= 4 is 27.7 Å². The molecule has 1 aromatic carbocycles. The van der Waals surface area contributed by atoms with Gasteiger partial charge in [-0.15, -0.1) is 0 Å². The van der Waals surface area contributed by atoms with Crippen LogP contribution in [0.1, 0.15) is 24.2 Å². The average Bonchev–Trinajstić information content (AvgIpc) is 2.18. The van der Waals surface area contributed by atoms with E-state index in [0.29, 0.717) is 18.1 Å². The molecule has 0 fully saturated rings. The number of aliphatic imine (C=N–C) groups is 1. The van der Waals surface area contributed by atoms with Gasteiger partial charge in [-0.1, -0.05) is 15.9 Å². The quantitative estimate of drug-likeness (QED) is 0.612. The van der Waals surface area contributed by atoms with Crippen molar-refractivity contribution in [3.05, 3.63) is 34.3 Å². The Bertz CT molecular complexity index is 371. The van der Waals surface area contributed by atoms with Gasteiger partial charge in [-0.25, -0.2) is 0 Å². The molecule has 0 spiro atoms. The topological polar surface area (TPSA) is 38.7 Å². The summed E-state index contributed by atoms with van der Waals surface area (Å²) in [5.41, 5.74) is 0.553. The van der Waals surface area contributed by atoms with Crippen LogP contribution >= 0.6 is 15.9 Å². The molecule has 0 N–H and O–H groups in total. The number of rotatable bonds is 2. The van der Waals surface area contributed by atoms with Gasteiger partial charge in [0.25, 0.3) is 5.91 Å². The maximum atomic E-state index is 11.6. The van der Waals surface area contributed by atoms with Gasteiger partial charge in [0, 0.05) is 17.0 Å². The van der Waals surface area contributed by atoms with Gasteiger partial charge in [0.1, 0.15) is 0 Å². The molecule has 0 aliphatic carbocycles. The van der Waals surface area contributed by atoms with Gasteiger partial charge in [-0.3, -0.25) is 4.79 Å². The zero-order valence-electron chi connectivity index (χ0n) is 8.66. The Kier molecular flexibility index (Phi) is 4.49. The maximum absolute atomic E-state index is 11.6. The Morgan fingerprint density at radius 2 is 2.00 bits per heavy atom. The van der Waals surface area contributed by atoms with Crippen LogP contribution in [0.25, 0.3) is 0 Å². The maximum Gasteiger partial charge on any atom is 0.279 e. The molecular weight excluding hydrogens is 258 g/mol. The van der Waals surface area contributed by atoms with E-state index in [1.807, 2.05) is 6.92 Å². The lowest BCUT2D eigenvalue weighted by Gasteiger charge is -2.00. The summed E-state index contributed by atoms with van der Waals surface area (Å²) in [7, 11) is 0. The van der Waals surface area contributed by atoms with Crippen LogP contribution in [0.3, 0.4) is 0 Å². The summed E-state index contributed by atoms with van der Waals surface area (Å²) in [6.45, 7) is 4.03. The van der Waals surface area contributed by atoms with Gasteiger partial charge in [0.2, 0.25) is 0 Å². The second-order valence-electron chi connectivity index (χ2n) is 2.88. The third-order valence-electron chi connectivity index (χ3n) is 1.70. The fourth-order valence-electron chi connectivity index (χ4n) is 1.04. The monoisotopic (exact) mass is 269 g/mol. The number of hydrogen-bond donors (Lipinski definition) is 0. The van der Waals surface area contributed by atoms with E-state index >= 15 is 0 Å². The lowest BCUT2D eigenvalue weighted by Crippen LogP contribution is -2.04. The number of halogens is 1. The summed E-state index contributed by atoms with van der Waals surface area (Å²) in [4.78, 5) is 15.4. The first-order valence-electron chi connectivity index (χ1n) is 4.61. The third kappa shape index (κ3) is 3.83. The lowest BCUT2D eigenvalue weighted by molar-refractivity contribution is 0.0999. The van der Waals surface area contributed by atoms with Crippen LogP contribution in [-0.4, -0.2) is 18.4 Å². The number of nitrogens with zero attached hydrogens (tertiary/aromatic N) is 1. The molecule has 0 saturated carbocycles. The molecule has 15 heavy (non-hydrogen) atoms. The summed E-state index contributed by atoms with van der Waals surface area (Å²) in [6.07, 6.45) is 0. The molecule has 1 aromatic rings. The molecule has 0 aliphatic heterocycles. The zero-order valence-corrected chi connectivity index (χ0v) is 10.2. The summed E-state index contributed by atoms with van der Waals surface area (Å²) in [5, 5.41) is 0. The van der Waals surface area contributed by atoms with Crippen molar-refractivity contribution < 1.29 is 9.53 Å². The number of amides is 1. The molecule has 4 heteroatoms. The van der Waals surface area contributed by atoms with Crippen LogP contribution in [0.15, 0.2) is 33.7 Å². The molecule has 0 heterocycles. The molecule has 0 bridgehead atoms. The summed E-state index contributed by atoms with van der Waals surface area (Å²) in [6, 6.07) is 7.04. The normalized spacial score (nSPS) is 11.3. The Balaban J connectivity index is 2.77. The zero-order chi connectivity index (χ0) is 11.3. The Morgan fingerprint density at radius 1 is 1.40 bits per heavy atom. The van der Waals surface area contributed by atoms with Gasteiger partial charge in [-0.05, 0) is 31.2 Å². The van der Waals surface area contributed by atoms with E-state index in [0.717, 1.165) is 4.47 Å². The molecule has 1 amide bonds. The van der Waals surface area contributed by atoms with Crippen molar-refractivity contribution in [1.82, 2.24) is 0 Å². The molecule has 80 valence electrons. The summed E-state index contributed by atoms with van der Waals surface area (Å²) >= 11 is 3.30. The summed E-state index contributed by atoms with van der Waals surface area (Å²) in [5.74, 6) is 0.110. The first-order valence-corrected chi connectivity index (χ1v) is 5.40. The van der Waals surface area contributed by atoms with Crippen molar-refractivity contribution in [3.8, 4) is 0 Å². The second-order valence-corrected chi connectivity index (χ2v) is 3.79.